The molecule has 2 heterocycles. The SMILES string of the molecule is CC(=O)N1CCc2cc(Nc3ncc(C(F)(F)F)c(NC4CC4)n3)ccc2C1. The van der Waals surface area contributed by atoms with Crippen LogP contribution in [-0.4, -0.2) is 33.4 Å². The Bertz CT molecular complexity index is 911. The zero-order valence-electron chi connectivity index (χ0n) is 15.3. The van der Waals surface area contributed by atoms with Crippen molar-refractivity contribution in [2.75, 3.05) is 17.2 Å². The first-order chi connectivity index (χ1) is 13.3. The number of halogens is 3. The van der Waals surface area contributed by atoms with Crippen molar-refractivity contribution in [3.8, 4) is 0 Å². The average Bonchev–Trinajstić information content (AvgIpc) is 3.44. The third-order valence-corrected chi connectivity index (χ3v) is 4.93. The van der Waals surface area contributed by atoms with E-state index in [1.54, 1.807) is 11.8 Å². The number of nitrogens with zero attached hydrogens (tertiary/aromatic N) is 3. The molecule has 28 heavy (non-hydrogen) atoms. The smallest absolute Gasteiger partial charge is 0.367 e. The molecule has 1 aliphatic heterocycles. The van der Waals surface area contributed by atoms with Crippen molar-refractivity contribution in [1.82, 2.24) is 14.9 Å². The first-order valence-corrected chi connectivity index (χ1v) is 9.15. The van der Waals surface area contributed by atoms with Gasteiger partial charge in [0.05, 0.1) is 0 Å². The van der Waals surface area contributed by atoms with Gasteiger partial charge in [0.2, 0.25) is 11.9 Å². The van der Waals surface area contributed by atoms with E-state index in [0.29, 0.717) is 18.8 Å². The van der Waals surface area contributed by atoms with E-state index in [9.17, 15) is 18.0 Å². The lowest BCUT2D eigenvalue weighted by Gasteiger charge is -2.28. The maximum atomic E-state index is 13.2. The zero-order chi connectivity index (χ0) is 19.9. The zero-order valence-corrected chi connectivity index (χ0v) is 15.3. The maximum Gasteiger partial charge on any atom is 0.421 e. The van der Waals surface area contributed by atoms with Crippen molar-refractivity contribution in [3.63, 3.8) is 0 Å². The van der Waals surface area contributed by atoms with Crippen molar-refractivity contribution in [2.24, 2.45) is 0 Å². The topological polar surface area (TPSA) is 70.2 Å². The Hall–Kier alpha value is -2.84. The summed E-state index contributed by atoms with van der Waals surface area (Å²) in [6.45, 7) is 2.77. The first-order valence-electron chi connectivity index (χ1n) is 9.15. The molecule has 0 atom stereocenters. The minimum Gasteiger partial charge on any atom is -0.367 e. The van der Waals surface area contributed by atoms with E-state index < -0.39 is 11.7 Å². The maximum absolute atomic E-state index is 13.2. The Morgan fingerprint density at radius 3 is 2.71 bits per heavy atom. The number of fused-ring (bicyclic) bond motifs is 1. The highest BCUT2D eigenvalue weighted by atomic mass is 19.4. The van der Waals surface area contributed by atoms with E-state index in [1.807, 2.05) is 18.2 Å². The molecule has 0 spiro atoms. The second-order valence-corrected chi connectivity index (χ2v) is 7.17. The van der Waals surface area contributed by atoms with Gasteiger partial charge in [-0.3, -0.25) is 4.79 Å². The Kier molecular flexibility index (Phi) is 4.60. The number of carbonyl (C=O) groups is 1. The van der Waals surface area contributed by atoms with Gasteiger partial charge in [-0.15, -0.1) is 0 Å². The number of benzene rings is 1. The number of aromatic nitrogens is 2. The Morgan fingerprint density at radius 1 is 1.25 bits per heavy atom. The van der Waals surface area contributed by atoms with Gasteiger partial charge in [-0.05, 0) is 42.5 Å². The van der Waals surface area contributed by atoms with Crippen molar-refractivity contribution in [2.45, 2.75) is 44.9 Å². The fourth-order valence-electron chi connectivity index (χ4n) is 3.21. The Balaban J connectivity index is 1.55. The predicted octanol–water partition coefficient (Wildman–Crippen LogP) is 3.72. The van der Waals surface area contributed by atoms with E-state index in [2.05, 4.69) is 20.6 Å². The molecule has 4 rings (SSSR count). The Labute approximate surface area is 160 Å². The lowest BCUT2D eigenvalue weighted by atomic mass is 9.99. The van der Waals surface area contributed by atoms with Crippen molar-refractivity contribution in [3.05, 3.63) is 41.1 Å². The van der Waals surface area contributed by atoms with Gasteiger partial charge in [-0.25, -0.2) is 4.98 Å². The van der Waals surface area contributed by atoms with E-state index in [1.165, 1.54) is 0 Å². The lowest BCUT2D eigenvalue weighted by molar-refractivity contribution is -0.137. The first kappa shape index (κ1) is 18.5. The highest BCUT2D eigenvalue weighted by Gasteiger charge is 2.36. The summed E-state index contributed by atoms with van der Waals surface area (Å²) in [7, 11) is 0. The molecule has 0 radical (unpaired) electrons. The largest absolute Gasteiger partial charge is 0.421 e. The summed E-state index contributed by atoms with van der Waals surface area (Å²) in [6, 6.07) is 5.70. The van der Waals surface area contributed by atoms with Crippen LogP contribution < -0.4 is 10.6 Å². The van der Waals surface area contributed by atoms with Crippen LogP contribution in [0.5, 0.6) is 0 Å². The van der Waals surface area contributed by atoms with E-state index in [0.717, 1.165) is 36.6 Å². The van der Waals surface area contributed by atoms with Crippen LogP contribution >= 0.6 is 0 Å². The number of hydrogen-bond acceptors (Lipinski definition) is 5. The van der Waals surface area contributed by atoms with E-state index >= 15 is 0 Å². The molecule has 1 amide bonds. The highest BCUT2D eigenvalue weighted by molar-refractivity contribution is 5.73. The molecule has 1 aliphatic carbocycles. The molecule has 1 aromatic heterocycles. The van der Waals surface area contributed by atoms with Crippen LogP contribution in [0.3, 0.4) is 0 Å². The van der Waals surface area contributed by atoms with Gasteiger partial charge in [0, 0.05) is 37.9 Å². The fraction of sp³-hybridized carbons (Fsp3) is 0.421. The minimum absolute atomic E-state index is 0.0387. The number of rotatable bonds is 4. The molecule has 2 N–H and O–H groups in total. The predicted molar refractivity (Wildman–Crippen MR) is 98.2 cm³/mol. The number of hydrogen-bond donors (Lipinski definition) is 2. The summed E-state index contributed by atoms with van der Waals surface area (Å²) in [5.41, 5.74) is 2.01. The van der Waals surface area contributed by atoms with Crippen LogP contribution in [0, 0.1) is 0 Å². The number of nitrogens with one attached hydrogen (secondary N) is 2. The monoisotopic (exact) mass is 391 g/mol. The fourth-order valence-corrected chi connectivity index (χ4v) is 3.21. The Morgan fingerprint density at radius 2 is 2.04 bits per heavy atom. The quantitative estimate of drug-likeness (QED) is 0.831. The molecule has 0 unspecified atom stereocenters. The molecule has 1 aromatic carbocycles. The van der Waals surface area contributed by atoms with Gasteiger partial charge in [-0.1, -0.05) is 6.07 Å². The van der Waals surface area contributed by atoms with E-state index in [-0.39, 0.29) is 23.7 Å². The summed E-state index contributed by atoms with van der Waals surface area (Å²) in [5, 5.41) is 5.82. The van der Waals surface area contributed by atoms with Crippen molar-refractivity contribution in [1.29, 1.82) is 0 Å². The highest BCUT2D eigenvalue weighted by Crippen LogP contribution is 2.36. The molecule has 148 valence electrons. The van der Waals surface area contributed by atoms with Crippen LogP contribution in [0.4, 0.5) is 30.6 Å². The lowest BCUT2D eigenvalue weighted by Crippen LogP contribution is -2.34. The summed E-state index contributed by atoms with van der Waals surface area (Å²) in [4.78, 5) is 21.2. The third kappa shape index (κ3) is 4.02. The second-order valence-electron chi connectivity index (χ2n) is 7.17. The van der Waals surface area contributed by atoms with Gasteiger partial charge in [0.15, 0.2) is 0 Å². The third-order valence-electron chi connectivity index (χ3n) is 4.93. The van der Waals surface area contributed by atoms with Crippen molar-refractivity contribution >= 4 is 23.4 Å². The summed E-state index contributed by atoms with van der Waals surface area (Å²) in [5.74, 6) is -0.0403. The summed E-state index contributed by atoms with van der Waals surface area (Å²) < 4.78 is 39.6. The molecular formula is C19H20F3N5O. The van der Waals surface area contributed by atoms with Crippen LogP contribution in [0.15, 0.2) is 24.4 Å². The van der Waals surface area contributed by atoms with Gasteiger partial charge >= 0.3 is 6.18 Å². The second kappa shape index (κ2) is 6.96. The summed E-state index contributed by atoms with van der Waals surface area (Å²) >= 11 is 0. The van der Waals surface area contributed by atoms with Gasteiger partial charge in [0.1, 0.15) is 11.4 Å². The molecule has 9 heteroatoms. The number of alkyl halides is 3. The van der Waals surface area contributed by atoms with E-state index in [4.69, 9.17) is 0 Å². The molecule has 1 fully saturated rings. The van der Waals surface area contributed by atoms with Gasteiger partial charge < -0.3 is 15.5 Å². The number of anilines is 3. The van der Waals surface area contributed by atoms with Crippen LogP contribution in [0.2, 0.25) is 0 Å². The number of amides is 1. The standard InChI is InChI=1S/C19H20F3N5O/c1-11(28)27-7-6-12-8-15(3-2-13(12)10-27)25-18-23-9-16(19(20,21)22)17(26-18)24-14-4-5-14/h2-3,8-9,14H,4-7,10H2,1H3,(H2,23,24,25,26). The molecule has 6 nitrogen and oxygen atoms in total. The van der Waals surface area contributed by atoms with Crippen LogP contribution in [0.25, 0.3) is 0 Å². The average molecular weight is 391 g/mol. The molecule has 2 aromatic rings. The molecule has 0 bridgehead atoms. The molecular weight excluding hydrogens is 371 g/mol. The van der Waals surface area contributed by atoms with Gasteiger partial charge in [-0.2, -0.15) is 18.2 Å². The van der Waals surface area contributed by atoms with Crippen LogP contribution in [-0.2, 0) is 23.9 Å². The van der Waals surface area contributed by atoms with Crippen molar-refractivity contribution < 1.29 is 18.0 Å². The van der Waals surface area contributed by atoms with Gasteiger partial charge in [0.25, 0.3) is 0 Å². The molecule has 2 aliphatic rings. The molecule has 1 saturated carbocycles. The van der Waals surface area contributed by atoms with Crippen LogP contribution in [0.1, 0.15) is 36.5 Å². The summed E-state index contributed by atoms with van der Waals surface area (Å²) in [6.07, 6.45) is -1.29. The normalized spacial score (nSPS) is 16.5. The number of carbonyl (C=O) groups excluding carboxylic acids is 1. The minimum atomic E-state index is -4.51. The molecule has 0 saturated heterocycles.